The second-order valence-electron chi connectivity index (χ2n) is 4.63. The number of rotatable bonds is 7. The molecule has 0 aliphatic heterocycles. The number of carbonyl (C=O) groups excluding carboxylic acids is 1. The molecule has 0 unspecified atom stereocenters. The number of sulfonamides is 1. The Morgan fingerprint density at radius 1 is 1.38 bits per heavy atom. The maximum absolute atomic E-state index is 11.8. The van der Waals surface area contributed by atoms with Gasteiger partial charge in [0, 0.05) is 18.1 Å². The standard InChI is InChI=1S/C13H19ClN2O4S/c1-9-8-11(14)4-5-12(9)20-10(2)13(17)15-6-7-16-21(3,18)19/h4-5,8,10,16H,6-7H2,1-3H3,(H,15,17)/t10-/m0/s1. The van der Waals surface area contributed by atoms with Crippen molar-refractivity contribution in [1.82, 2.24) is 10.0 Å². The summed E-state index contributed by atoms with van der Waals surface area (Å²) in [6.07, 6.45) is 0.368. The van der Waals surface area contributed by atoms with Crippen LogP contribution in [0.1, 0.15) is 12.5 Å². The highest BCUT2D eigenvalue weighted by atomic mass is 35.5. The molecular formula is C13H19ClN2O4S. The second-order valence-corrected chi connectivity index (χ2v) is 6.90. The summed E-state index contributed by atoms with van der Waals surface area (Å²) in [6.45, 7) is 3.78. The molecule has 0 saturated carbocycles. The SMILES string of the molecule is Cc1cc(Cl)ccc1O[C@@H](C)C(=O)NCCNS(C)(=O)=O. The first-order valence-electron chi connectivity index (χ1n) is 6.34. The van der Waals surface area contributed by atoms with Crippen LogP contribution in [0, 0.1) is 6.92 Å². The molecule has 1 aromatic carbocycles. The van der Waals surface area contributed by atoms with Crippen molar-refractivity contribution < 1.29 is 17.9 Å². The van der Waals surface area contributed by atoms with Crippen LogP contribution in [0.4, 0.5) is 0 Å². The van der Waals surface area contributed by atoms with Crippen LogP contribution < -0.4 is 14.8 Å². The lowest BCUT2D eigenvalue weighted by Crippen LogP contribution is -2.40. The highest BCUT2D eigenvalue weighted by Crippen LogP contribution is 2.22. The zero-order valence-corrected chi connectivity index (χ0v) is 13.7. The second kappa shape index (κ2) is 7.63. The van der Waals surface area contributed by atoms with E-state index in [-0.39, 0.29) is 19.0 Å². The number of amides is 1. The summed E-state index contributed by atoms with van der Waals surface area (Å²) in [7, 11) is -3.25. The molecule has 8 heteroatoms. The van der Waals surface area contributed by atoms with E-state index in [0.717, 1.165) is 11.8 Å². The van der Waals surface area contributed by atoms with Crippen molar-refractivity contribution in [3.63, 3.8) is 0 Å². The van der Waals surface area contributed by atoms with E-state index in [4.69, 9.17) is 16.3 Å². The van der Waals surface area contributed by atoms with E-state index in [1.807, 2.05) is 6.92 Å². The van der Waals surface area contributed by atoms with Gasteiger partial charge in [0.1, 0.15) is 5.75 Å². The molecule has 0 radical (unpaired) electrons. The van der Waals surface area contributed by atoms with E-state index >= 15 is 0 Å². The summed E-state index contributed by atoms with van der Waals surface area (Å²) in [6, 6.07) is 5.13. The third kappa shape index (κ3) is 6.79. The van der Waals surface area contributed by atoms with Crippen molar-refractivity contribution in [2.75, 3.05) is 19.3 Å². The number of nitrogens with one attached hydrogen (secondary N) is 2. The third-order valence-electron chi connectivity index (χ3n) is 2.60. The predicted octanol–water partition coefficient (Wildman–Crippen LogP) is 1.08. The summed E-state index contributed by atoms with van der Waals surface area (Å²) in [4.78, 5) is 11.8. The lowest BCUT2D eigenvalue weighted by atomic mass is 10.2. The molecule has 1 aromatic rings. The van der Waals surface area contributed by atoms with E-state index in [2.05, 4.69) is 10.0 Å². The van der Waals surface area contributed by atoms with Crippen LogP contribution >= 0.6 is 11.6 Å². The van der Waals surface area contributed by atoms with Gasteiger partial charge in [0.2, 0.25) is 10.0 Å². The Balaban J connectivity index is 2.44. The highest BCUT2D eigenvalue weighted by molar-refractivity contribution is 7.88. The minimum atomic E-state index is -3.25. The molecule has 0 aromatic heterocycles. The van der Waals surface area contributed by atoms with Crippen LogP contribution in [0.25, 0.3) is 0 Å². The van der Waals surface area contributed by atoms with Gasteiger partial charge in [0.25, 0.3) is 5.91 Å². The number of hydrogen-bond donors (Lipinski definition) is 2. The molecule has 2 N–H and O–H groups in total. The maximum atomic E-state index is 11.8. The van der Waals surface area contributed by atoms with Gasteiger partial charge in [-0.25, -0.2) is 13.1 Å². The zero-order valence-electron chi connectivity index (χ0n) is 12.1. The lowest BCUT2D eigenvalue weighted by molar-refractivity contribution is -0.127. The van der Waals surface area contributed by atoms with Crippen molar-refractivity contribution in [2.45, 2.75) is 20.0 Å². The van der Waals surface area contributed by atoms with Crippen molar-refractivity contribution in [3.8, 4) is 5.75 Å². The van der Waals surface area contributed by atoms with E-state index < -0.39 is 16.1 Å². The monoisotopic (exact) mass is 334 g/mol. The van der Waals surface area contributed by atoms with Crippen molar-refractivity contribution in [1.29, 1.82) is 0 Å². The molecule has 0 aliphatic rings. The maximum Gasteiger partial charge on any atom is 0.260 e. The van der Waals surface area contributed by atoms with Gasteiger partial charge in [-0.15, -0.1) is 0 Å². The van der Waals surface area contributed by atoms with Crippen LogP contribution in [0.3, 0.4) is 0 Å². The summed E-state index contributed by atoms with van der Waals surface area (Å²) in [5.74, 6) is 0.260. The molecule has 0 fully saturated rings. The number of halogens is 1. The minimum Gasteiger partial charge on any atom is -0.481 e. The Morgan fingerprint density at radius 3 is 2.62 bits per heavy atom. The van der Waals surface area contributed by atoms with E-state index in [0.29, 0.717) is 10.8 Å². The smallest absolute Gasteiger partial charge is 0.260 e. The Labute approximate surface area is 129 Å². The summed E-state index contributed by atoms with van der Waals surface area (Å²) >= 11 is 5.85. The Bertz CT molecular complexity index is 604. The molecule has 0 spiro atoms. The summed E-state index contributed by atoms with van der Waals surface area (Å²) in [5.41, 5.74) is 0.834. The molecule has 118 valence electrons. The minimum absolute atomic E-state index is 0.136. The molecule has 1 amide bonds. The molecule has 21 heavy (non-hydrogen) atoms. The van der Waals surface area contributed by atoms with Crippen LogP contribution in [0.15, 0.2) is 18.2 Å². The van der Waals surface area contributed by atoms with Gasteiger partial charge in [0.05, 0.1) is 6.26 Å². The van der Waals surface area contributed by atoms with Gasteiger partial charge in [-0.1, -0.05) is 11.6 Å². The largest absolute Gasteiger partial charge is 0.481 e. The molecule has 1 atom stereocenters. The van der Waals surface area contributed by atoms with E-state index in [1.54, 1.807) is 25.1 Å². The van der Waals surface area contributed by atoms with Crippen molar-refractivity contribution in [2.24, 2.45) is 0 Å². The van der Waals surface area contributed by atoms with Crippen molar-refractivity contribution >= 4 is 27.5 Å². The molecule has 1 rings (SSSR count). The highest BCUT2D eigenvalue weighted by Gasteiger charge is 2.15. The Kier molecular flexibility index (Phi) is 6.44. The topological polar surface area (TPSA) is 84.5 Å². The van der Waals surface area contributed by atoms with E-state index in [9.17, 15) is 13.2 Å². The number of hydrogen-bond acceptors (Lipinski definition) is 4. The van der Waals surface area contributed by atoms with Gasteiger partial charge < -0.3 is 10.1 Å². The van der Waals surface area contributed by atoms with Crippen LogP contribution in [-0.4, -0.2) is 39.8 Å². The number of benzene rings is 1. The normalized spacial score (nSPS) is 12.8. The fourth-order valence-corrected chi connectivity index (χ4v) is 2.25. The lowest BCUT2D eigenvalue weighted by Gasteiger charge is -2.16. The quantitative estimate of drug-likeness (QED) is 0.731. The van der Waals surface area contributed by atoms with E-state index in [1.165, 1.54) is 0 Å². The third-order valence-corrected chi connectivity index (χ3v) is 3.56. The first-order chi connectivity index (χ1) is 9.69. The van der Waals surface area contributed by atoms with Gasteiger partial charge in [-0.3, -0.25) is 4.79 Å². The predicted molar refractivity (Wildman–Crippen MR) is 82.1 cm³/mol. The van der Waals surface area contributed by atoms with Gasteiger partial charge in [-0.2, -0.15) is 0 Å². The van der Waals surface area contributed by atoms with Crippen LogP contribution in [-0.2, 0) is 14.8 Å². The summed E-state index contributed by atoms with van der Waals surface area (Å²) < 4.78 is 29.5. The van der Waals surface area contributed by atoms with Crippen molar-refractivity contribution in [3.05, 3.63) is 28.8 Å². The fraction of sp³-hybridized carbons (Fsp3) is 0.462. The molecule has 0 saturated heterocycles. The summed E-state index contributed by atoms with van der Waals surface area (Å²) in [5, 5.41) is 3.19. The fourth-order valence-electron chi connectivity index (χ4n) is 1.55. The zero-order chi connectivity index (χ0) is 16.0. The van der Waals surface area contributed by atoms with Gasteiger partial charge >= 0.3 is 0 Å². The Hall–Kier alpha value is -1.31. The van der Waals surface area contributed by atoms with Crippen LogP contribution in [0.5, 0.6) is 5.75 Å². The first-order valence-corrected chi connectivity index (χ1v) is 8.61. The average molecular weight is 335 g/mol. The molecular weight excluding hydrogens is 316 g/mol. The number of carbonyl (C=O) groups is 1. The molecule has 0 bridgehead atoms. The Morgan fingerprint density at radius 2 is 2.05 bits per heavy atom. The molecule has 6 nitrogen and oxygen atoms in total. The average Bonchev–Trinajstić information content (AvgIpc) is 2.36. The first kappa shape index (κ1) is 17.7. The number of aryl methyl sites for hydroxylation is 1. The molecule has 0 aliphatic carbocycles. The molecule has 0 heterocycles. The van der Waals surface area contributed by atoms with Crippen LogP contribution in [0.2, 0.25) is 5.02 Å². The number of ether oxygens (including phenoxy) is 1. The van der Waals surface area contributed by atoms with Gasteiger partial charge in [0.15, 0.2) is 6.10 Å². The van der Waals surface area contributed by atoms with Gasteiger partial charge in [-0.05, 0) is 37.6 Å².